The highest BCUT2D eigenvalue weighted by molar-refractivity contribution is 5.96. The summed E-state index contributed by atoms with van der Waals surface area (Å²) < 4.78 is 10.6. The highest BCUT2D eigenvalue weighted by atomic mass is 16.5. The SMILES string of the molecule is C#CCOc1cc(CNC(=O)c2cc(C)ccc2O)ccc1OC. The molecule has 24 heavy (non-hydrogen) atoms. The van der Waals surface area contributed by atoms with Crippen molar-refractivity contribution < 1.29 is 19.4 Å². The third-order valence-corrected chi connectivity index (χ3v) is 3.39. The molecule has 0 saturated carbocycles. The van der Waals surface area contributed by atoms with Gasteiger partial charge in [-0.1, -0.05) is 23.6 Å². The van der Waals surface area contributed by atoms with Crippen molar-refractivity contribution in [2.24, 2.45) is 0 Å². The van der Waals surface area contributed by atoms with Crippen LogP contribution in [0, 0.1) is 19.3 Å². The number of rotatable bonds is 6. The number of phenolic OH excluding ortho intramolecular Hbond substituents is 1. The van der Waals surface area contributed by atoms with Gasteiger partial charge in [-0.3, -0.25) is 4.79 Å². The fraction of sp³-hybridized carbons (Fsp3) is 0.211. The smallest absolute Gasteiger partial charge is 0.255 e. The van der Waals surface area contributed by atoms with E-state index in [9.17, 15) is 9.90 Å². The molecule has 0 unspecified atom stereocenters. The van der Waals surface area contributed by atoms with E-state index in [1.165, 1.54) is 6.07 Å². The van der Waals surface area contributed by atoms with E-state index in [0.29, 0.717) is 11.5 Å². The zero-order valence-electron chi connectivity index (χ0n) is 13.6. The van der Waals surface area contributed by atoms with Crippen LogP contribution in [0.3, 0.4) is 0 Å². The Morgan fingerprint density at radius 2 is 2.04 bits per heavy atom. The first-order valence-electron chi connectivity index (χ1n) is 7.36. The van der Waals surface area contributed by atoms with Crippen molar-refractivity contribution >= 4 is 5.91 Å². The first-order valence-corrected chi connectivity index (χ1v) is 7.36. The van der Waals surface area contributed by atoms with Crippen LogP contribution >= 0.6 is 0 Å². The second kappa shape index (κ2) is 7.93. The molecule has 2 aromatic rings. The second-order valence-corrected chi connectivity index (χ2v) is 5.18. The van der Waals surface area contributed by atoms with Crippen molar-refractivity contribution in [1.82, 2.24) is 5.32 Å². The molecular formula is C19H19NO4. The number of phenols is 1. The summed E-state index contributed by atoms with van der Waals surface area (Å²) in [6.45, 7) is 2.26. The van der Waals surface area contributed by atoms with E-state index in [1.54, 1.807) is 31.4 Å². The van der Waals surface area contributed by atoms with Gasteiger partial charge in [-0.2, -0.15) is 0 Å². The van der Waals surface area contributed by atoms with E-state index in [4.69, 9.17) is 15.9 Å². The lowest BCUT2D eigenvalue weighted by atomic mass is 10.1. The predicted octanol–water partition coefficient (Wildman–Crippen LogP) is 2.65. The second-order valence-electron chi connectivity index (χ2n) is 5.18. The number of methoxy groups -OCH3 is 1. The molecule has 0 aliphatic rings. The maximum absolute atomic E-state index is 12.2. The van der Waals surface area contributed by atoms with E-state index in [0.717, 1.165) is 11.1 Å². The normalized spacial score (nSPS) is 9.88. The molecule has 124 valence electrons. The van der Waals surface area contributed by atoms with Gasteiger partial charge in [0.05, 0.1) is 12.7 Å². The summed E-state index contributed by atoms with van der Waals surface area (Å²) in [7, 11) is 1.54. The molecule has 0 fully saturated rings. The van der Waals surface area contributed by atoms with E-state index >= 15 is 0 Å². The van der Waals surface area contributed by atoms with Gasteiger partial charge in [-0.25, -0.2) is 0 Å². The van der Waals surface area contributed by atoms with Gasteiger partial charge in [-0.05, 0) is 36.8 Å². The topological polar surface area (TPSA) is 67.8 Å². The Morgan fingerprint density at radius 3 is 2.75 bits per heavy atom. The lowest BCUT2D eigenvalue weighted by Gasteiger charge is -2.12. The number of aryl methyl sites for hydroxylation is 1. The highest BCUT2D eigenvalue weighted by Gasteiger charge is 2.12. The van der Waals surface area contributed by atoms with Crippen LogP contribution in [-0.2, 0) is 6.54 Å². The first kappa shape index (κ1) is 17.2. The molecule has 0 radical (unpaired) electrons. The van der Waals surface area contributed by atoms with Gasteiger partial charge < -0.3 is 19.9 Å². The number of nitrogens with one attached hydrogen (secondary N) is 1. The fourth-order valence-corrected chi connectivity index (χ4v) is 2.17. The number of carbonyl (C=O) groups excluding carboxylic acids is 1. The third kappa shape index (κ3) is 4.20. The summed E-state index contributed by atoms with van der Waals surface area (Å²) in [6, 6.07) is 10.2. The lowest BCUT2D eigenvalue weighted by Crippen LogP contribution is -2.23. The van der Waals surface area contributed by atoms with Crippen LogP contribution in [0.15, 0.2) is 36.4 Å². The van der Waals surface area contributed by atoms with Gasteiger partial charge in [0.25, 0.3) is 5.91 Å². The van der Waals surface area contributed by atoms with Crippen LogP contribution in [0.1, 0.15) is 21.5 Å². The minimum atomic E-state index is -0.349. The molecule has 0 aromatic heterocycles. The summed E-state index contributed by atoms with van der Waals surface area (Å²) in [5.74, 6) is 3.08. The molecular weight excluding hydrogens is 306 g/mol. The number of carbonyl (C=O) groups is 1. The summed E-state index contributed by atoms with van der Waals surface area (Å²) in [5, 5.41) is 12.6. The van der Waals surface area contributed by atoms with Crippen LogP contribution in [0.2, 0.25) is 0 Å². The molecule has 0 heterocycles. The zero-order chi connectivity index (χ0) is 17.5. The number of amides is 1. The highest BCUT2D eigenvalue weighted by Crippen LogP contribution is 2.28. The monoisotopic (exact) mass is 325 g/mol. The van der Waals surface area contributed by atoms with Gasteiger partial charge in [0.1, 0.15) is 12.4 Å². The molecule has 2 rings (SSSR count). The molecule has 0 aliphatic heterocycles. The van der Waals surface area contributed by atoms with Gasteiger partial charge >= 0.3 is 0 Å². The van der Waals surface area contributed by atoms with Crippen LogP contribution < -0.4 is 14.8 Å². The quantitative estimate of drug-likeness (QED) is 0.801. The Morgan fingerprint density at radius 1 is 1.25 bits per heavy atom. The van der Waals surface area contributed by atoms with E-state index < -0.39 is 0 Å². The Kier molecular flexibility index (Phi) is 5.69. The maximum Gasteiger partial charge on any atom is 0.255 e. The van der Waals surface area contributed by atoms with Crippen molar-refractivity contribution in [2.45, 2.75) is 13.5 Å². The van der Waals surface area contributed by atoms with Crippen LogP contribution in [0.4, 0.5) is 0 Å². The van der Waals surface area contributed by atoms with Gasteiger partial charge in [0.15, 0.2) is 11.5 Å². The molecule has 2 aromatic carbocycles. The van der Waals surface area contributed by atoms with Crippen molar-refractivity contribution in [3.05, 3.63) is 53.1 Å². The molecule has 0 spiro atoms. The van der Waals surface area contributed by atoms with Gasteiger partial charge in [0, 0.05) is 6.54 Å². The average Bonchev–Trinajstić information content (AvgIpc) is 2.59. The largest absolute Gasteiger partial charge is 0.507 e. The molecule has 0 bridgehead atoms. The van der Waals surface area contributed by atoms with Gasteiger partial charge in [-0.15, -0.1) is 6.42 Å². The number of benzene rings is 2. The Bertz CT molecular complexity index is 777. The van der Waals surface area contributed by atoms with Crippen molar-refractivity contribution in [3.8, 4) is 29.6 Å². The summed E-state index contributed by atoms with van der Waals surface area (Å²) >= 11 is 0. The Labute approximate surface area is 141 Å². The van der Waals surface area contributed by atoms with Crippen molar-refractivity contribution in [2.75, 3.05) is 13.7 Å². The van der Waals surface area contributed by atoms with Crippen LogP contribution in [-0.4, -0.2) is 24.7 Å². The summed E-state index contributed by atoms with van der Waals surface area (Å²) in [6.07, 6.45) is 5.20. The molecule has 0 atom stereocenters. The number of aromatic hydroxyl groups is 1. The van der Waals surface area contributed by atoms with Crippen LogP contribution in [0.25, 0.3) is 0 Å². The Hall–Kier alpha value is -3.13. The first-order chi connectivity index (χ1) is 11.5. The lowest BCUT2D eigenvalue weighted by molar-refractivity contribution is 0.0948. The number of ether oxygens (including phenoxy) is 2. The Balaban J connectivity index is 2.10. The van der Waals surface area contributed by atoms with E-state index in [-0.39, 0.29) is 30.4 Å². The molecule has 0 aliphatic carbocycles. The predicted molar refractivity (Wildman–Crippen MR) is 91.3 cm³/mol. The molecule has 1 amide bonds. The van der Waals surface area contributed by atoms with Crippen molar-refractivity contribution in [3.63, 3.8) is 0 Å². The standard InChI is InChI=1S/C19H19NO4/c1-4-9-24-18-11-14(6-8-17(18)23-3)12-20-19(22)15-10-13(2)5-7-16(15)21/h1,5-8,10-11,21H,9,12H2,2-3H3,(H,20,22). The number of terminal acetylenes is 1. The third-order valence-electron chi connectivity index (χ3n) is 3.39. The van der Waals surface area contributed by atoms with Gasteiger partial charge in [0.2, 0.25) is 0 Å². The summed E-state index contributed by atoms with van der Waals surface area (Å²) in [5.41, 5.74) is 1.96. The molecule has 2 N–H and O–H groups in total. The maximum atomic E-state index is 12.2. The summed E-state index contributed by atoms with van der Waals surface area (Å²) in [4.78, 5) is 12.2. The minimum absolute atomic E-state index is 0.0501. The molecule has 0 saturated heterocycles. The number of hydrogen-bond donors (Lipinski definition) is 2. The minimum Gasteiger partial charge on any atom is -0.507 e. The van der Waals surface area contributed by atoms with E-state index in [2.05, 4.69) is 11.2 Å². The van der Waals surface area contributed by atoms with Crippen molar-refractivity contribution in [1.29, 1.82) is 0 Å². The zero-order valence-corrected chi connectivity index (χ0v) is 13.6. The molecule has 5 heteroatoms. The van der Waals surface area contributed by atoms with Crippen LogP contribution in [0.5, 0.6) is 17.2 Å². The number of hydrogen-bond acceptors (Lipinski definition) is 4. The van der Waals surface area contributed by atoms with E-state index in [1.807, 2.05) is 13.0 Å². The molecule has 5 nitrogen and oxygen atoms in total. The fourth-order valence-electron chi connectivity index (χ4n) is 2.17. The average molecular weight is 325 g/mol.